The van der Waals surface area contributed by atoms with Crippen molar-refractivity contribution < 1.29 is 4.79 Å². The van der Waals surface area contributed by atoms with E-state index in [9.17, 15) is 4.79 Å². The molecule has 0 unspecified atom stereocenters. The smallest absolute Gasteiger partial charge is 0.232 e. The number of carbonyl (C=O) groups excluding carboxylic acids is 1. The fourth-order valence-electron chi connectivity index (χ4n) is 1.89. The molecule has 2 rings (SSSR count). The standard InChI is InChI=1S/C11H11ClO/c12-10(13)11(7-4-8-11)9-5-2-1-3-6-9/h1-3,5-6H,4,7-8H2. The molecule has 1 aromatic carbocycles. The molecule has 0 spiro atoms. The molecule has 68 valence electrons. The van der Waals surface area contributed by atoms with Crippen LogP contribution < -0.4 is 0 Å². The van der Waals surface area contributed by atoms with Gasteiger partial charge in [-0.25, -0.2) is 0 Å². The van der Waals surface area contributed by atoms with E-state index in [1.807, 2.05) is 30.3 Å². The third-order valence-electron chi connectivity index (χ3n) is 2.91. The van der Waals surface area contributed by atoms with Crippen molar-refractivity contribution >= 4 is 16.8 Å². The van der Waals surface area contributed by atoms with Gasteiger partial charge in [0.1, 0.15) is 0 Å². The molecule has 0 aliphatic heterocycles. The second-order valence-corrected chi connectivity index (χ2v) is 3.92. The Kier molecular flexibility index (Phi) is 2.12. The van der Waals surface area contributed by atoms with Crippen LogP contribution in [-0.2, 0) is 10.2 Å². The number of benzene rings is 1. The normalized spacial score (nSPS) is 19.2. The van der Waals surface area contributed by atoms with Crippen molar-refractivity contribution in [3.05, 3.63) is 35.9 Å². The van der Waals surface area contributed by atoms with Crippen molar-refractivity contribution in [2.24, 2.45) is 0 Å². The highest BCUT2D eigenvalue weighted by Crippen LogP contribution is 2.45. The minimum Gasteiger partial charge on any atom is -0.280 e. The first kappa shape index (κ1) is 8.76. The van der Waals surface area contributed by atoms with Crippen LogP contribution in [0.2, 0.25) is 0 Å². The second-order valence-electron chi connectivity index (χ2n) is 3.58. The first-order valence-corrected chi connectivity index (χ1v) is 4.89. The highest BCUT2D eigenvalue weighted by molar-refractivity contribution is 6.65. The zero-order chi connectivity index (χ0) is 9.31. The van der Waals surface area contributed by atoms with Crippen LogP contribution in [0.15, 0.2) is 30.3 Å². The molecule has 13 heavy (non-hydrogen) atoms. The molecule has 0 heterocycles. The van der Waals surface area contributed by atoms with E-state index in [0.29, 0.717) is 0 Å². The Bertz CT molecular complexity index is 314. The molecule has 1 fully saturated rings. The third-order valence-corrected chi connectivity index (χ3v) is 3.27. The third kappa shape index (κ3) is 1.28. The Morgan fingerprint density at radius 2 is 1.85 bits per heavy atom. The van der Waals surface area contributed by atoms with Gasteiger partial charge in [-0.3, -0.25) is 4.79 Å². The Labute approximate surface area is 82.7 Å². The summed E-state index contributed by atoms with van der Waals surface area (Å²) in [5, 5.41) is -0.204. The summed E-state index contributed by atoms with van der Waals surface area (Å²) in [4.78, 5) is 11.3. The molecule has 2 heteroatoms. The maximum absolute atomic E-state index is 11.3. The van der Waals surface area contributed by atoms with E-state index in [-0.39, 0.29) is 10.7 Å². The van der Waals surface area contributed by atoms with Gasteiger partial charge < -0.3 is 0 Å². The van der Waals surface area contributed by atoms with Crippen LogP contribution in [0.25, 0.3) is 0 Å². The van der Waals surface area contributed by atoms with Crippen molar-refractivity contribution in [3.8, 4) is 0 Å². The molecule has 0 atom stereocenters. The molecule has 1 aliphatic carbocycles. The zero-order valence-electron chi connectivity index (χ0n) is 7.29. The molecule has 0 saturated heterocycles. The summed E-state index contributed by atoms with van der Waals surface area (Å²) in [5.74, 6) is 0. The Hall–Kier alpha value is -0.820. The van der Waals surface area contributed by atoms with E-state index < -0.39 is 0 Å². The molecule has 1 aliphatic rings. The van der Waals surface area contributed by atoms with E-state index in [1.165, 1.54) is 0 Å². The van der Waals surface area contributed by atoms with Crippen LogP contribution in [0, 0.1) is 0 Å². The Morgan fingerprint density at radius 1 is 1.23 bits per heavy atom. The van der Waals surface area contributed by atoms with Gasteiger partial charge in [-0.1, -0.05) is 36.8 Å². The van der Waals surface area contributed by atoms with E-state index in [1.54, 1.807) is 0 Å². The summed E-state index contributed by atoms with van der Waals surface area (Å²) < 4.78 is 0. The molecule has 0 radical (unpaired) electrons. The van der Waals surface area contributed by atoms with Crippen LogP contribution in [0.4, 0.5) is 0 Å². The topological polar surface area (TPSA) is 17.1 Å². The van der Waals surface area contributed by atoms with E-state index >= 15 is 0 Å². The summed E-state index contributed by atoms with van der Waals surface area (Å²) in [6, 6.07) is 9.83. The van der Waals surface area contributed by atoms with Gasteiger partial charge in [-0.2, -0.15) is 0 Å². The molecule has 1 nitrogen and oxygen atoms in total. The van der Waals surface area contributed by atoms with Crippen LogP contribution >= 0.6 is 11.6 Å². The van der Waals surface area contributed by atoms with Gasteiger partial charge in [0.2, 0.25) is 5.24 Å². The highest BCUT2D eigenvalue weighted by atomic mass is 35.5. The largest absolute Gasteiger partial charge is 0.280 e. The predicted octanol–water partition coefficient (Wildman–Crippen LogP) is 2.87. The van der Waals surface area contributed by atoms with Gasteiger partial charge in [0, 0.05) is 0 Å². The first-order chi connectivity index (χ1) is 6.26. The lowest BCUT2D eigenvalue weighted by molar-refractivity contribution is -0.119. The molecule has 0 bridgehead atoms. The molecule has 0 amide bonds. The van der Waals surface area contributed by atoms with E-state index in [2.05, 4.69) is 0 Å². The lowest BCUT2D eigenvalue weighted by atomic mass is 9.65. The predicted molar refractivity (Wildman–Crippen MR) is 52.8 cm³/mol. The highest BCUT2D eigenvalue weighted by Gasteiger charge is 2.44. The summed E-state index contributed by atoms with van der Waals surface area (Å²) in [6.07, 6.45) is 2.91. The Morgan fingerprint density at radius 3 is 2.23 bits per heavy atom. The second kappa shape index (κ2) is 3.15. The molecule has 0 aromatic heterocycles. The molecule has 0 N–H and O–H groups in total. The summed E-state index contributed by atoms with van der Waals surface area (Å²) in [7, 11) is 0. The quantitative estimate of drug-likeness (QED) is 0.662. The maximum atomic E-state index is 11.3. The van der Waals surface area contributed by atoms with Crippen molar-refractivity contribution in [1.29, 1.82) is 0 Å². The van der Waals surface area contributed by atoms with E-state index in [4.69, 9.17) is 11.6 Å². The molecular formula is C11H11ClO. The monoisotopic (exact) mass is 194 g/mol. The van der Waals surface area contributed by atoms with Crippen LogP contribution in [-0.4, -0.2) is 5.24 Å². The van der Waals surface area contributed by atoms with E-state index in [0.717, 1.165) is 24.8 Å². The molecule has 1 aromatic rings. The van der Waals surface area contributed by atoms with Crippen LogP contribution in [0.3, 0.4) is 0 Å². The zero-order valence-corrected chi connectivity index (χ0v) is 8.05. The average molecular weight is 195 g/mol. The summed E-state index contributed by atoms with van der Waals surface area (Å²) in [6.45, 7) is 0. The summed E-state index contributed by atoms with van der Waals surface area (Å²) in [5.41, 5.74) is 0.712. The maximum Gasteiger partial charge on any atom is 0.232 e. The van der Waals surface area contributed by atoms with Gasteiger partial charge in [0.05, 0.1) is 5.41 Å². The fraction of sp³-hybridized carbons (Fsp3) is 0.364. The lowest BCUT2D eigenvalue weighted by Gasteiger charge is -2.38. The SMILES string of the molecule is O=C(Cl)C1(c2ccccc2)CCC1. The van der Waals surface area contributed by atoms with Gasteiger partial charge in [0.25, 0.3) is 0 Å². The van der Waals surface area contributed by atoms with Gasteiger partial charge in [-0.15, -0.1) is 0 Å². The minimum atomic E-state index is -0.358. The van der Waals surface area contributed by atoms with Crippen LogP contribution in [0.5, 0.6) is 0 Å². The molecule has 1 saturated carbocycles. The van der Waals surface area contributed by atoms with Crippen molar-refractivity contribution in [2.45, 2.75) is 24.7 Å². The first-order valence-electron chi connectivity index (χ1n) is 4.51. The number of hydrogen-bond acceptors (Lipinski definition) is 1. The minimum absolute atomic E-state index is 0.204. The van der Waals surface area contributed by atoms with Crippen molar-refractivity contribution in [3.63, 3.8) is 0 Å². The molecular weight excluding hydrogens is 184 g/mol. The number of hydrogen-bond donors (Lipinski definition) is 0. The number of halogens is 1. The van der Waals surface area contributed by atoms with Crippen molar-refractivity contribution in [1.82, 2.24) is 0 Å². The van der Waals surface area contributed by atoms with Gasteiger partial charge in [0.15, 0.2) is 0 Å². The van der Waals surface area contributed by atoms with Gasteiger partial charge >= 0.3 is 0 Å². The number of carbonyl (C=O) groups is 1. The average Bonchev–Trinajstić information content (AvgIpc) is 2.03. The number of rotatable bonds is 2. The lowest BCUT2D eigenvalue weighted by Crippen LogP contribution is -2.39. The van der Waals surface area contributed by atoms with Crippen LogP contribution in [0.1, 0.15) is 24.8 Å². The fourth-order valence-corrected chi connectivity index (χ4v) is 2.18. The summed E-state index contributed by atoms with van der Waals surface area (Å²) >= 11 is 5.63. The van der Waals surface area contributed by atoms with Gasteiger partial charge in [-0.05, 0) is 30.0 Å². The Balaban J connectivity index is 2.38. The van der Waals surface area contributed by atoms with Crippen molar-refractivity contribution in [2.75, 3.05) is 0 Å².